The van der Waals surface area contributed by atoms with Crippen molar-refractivity contribution in [2.75, 3.05) is 25.4 Å². The van der Waals surface area contributed by atoms with Gasteiger partial charge in [0.2, 0.25) is 10.0 Å². The van der Waals surface area contributed by atoms with E-state index in [9.17, 15) is 8.42 Å². The molecule has 6 heteroatoms. The van der Waals surface area contributed by atoms with E-state index in [1.165, 1.54) is 0 Å². The standard InChI is InChI=1S/C11H24N2O3S/c1-10(2)16-8-4-7-13-6-3-5-11(13)9-17(12,14)15/h10-11H,3-9H2,1-2H3,(H2,12,14,15). The van der Waals surface area contributed by atoms with Crippen molar-refractivity contribution in [3.05, 3.63) is 0 Å². The van der Waals surface area contributed by atoms with E-state index in [0.717, 1.165) is 39.0 Å². The molecule has 102 valence electrons. The van der Waals surface area contributed by atoms with Gasteiger partial charge in [0.25, 0.3) is 0 Å². The molecule has 1 unspecified atom stereocenters. The van der Waals surface area contributed by atoms with Crippen molar-refractivity contribution in [1.29, 1.82) is 0 Å². The largest absolute Gasteiger partial charge is 0.379 e. The van der Waals surface area contributed by atoms with E-state index in [1.54, 1.807) is 0 Å². The molecule has 1 heterocycles. The lowest BCUT2D eigenvalue weighted by atomic mass is 10.2. The molecule has 0 aliphatic carbocycles. The first-order valence-corrected chi connectivity index (χ1v) is 7.96. The predicted octanol–water partition coefficient (Wildman–Crippen LogP) is 0.554. The molecule has 0 bridgehead atoms. The number of sulfonamides is 1. The Bertz CT molecular complexity index is 317. The Morgan fingerprint density at radius 1 is 1.47 bits per heavy atom. The van der Waals surface area contributed by atoms with Gasteiger partial charge in [0.1, 0.15) is 0 Å². The molecule has 0 amide bonds. The molecule has 1 atom stereocenters. The van der Waals surface area contributed by atoms with Crippen molar-refractivity contribution in [2.24, 2.45) is 5.14 Å². The fourth-order valence-electron chi connectivity index (χ4n) is 2.23. The summed E-state index contributed by atoms with van der Waals surface area (Å²) in [5.41, 5.74) is 0. The van der Waals surface area contributed by atoms with Crippen LogP contribution in [-0.4, -0.2) is 50.9 Å². The minimum Gasteiger partial charge on any atom is -0.379 e. The van der Waals surface area contributed by atoms with E-state index in [2.05, 4.69) is 4.90 Å². The van der Waals surface area contributed by atoms with Gasteiger partial charge in [0, 0.05) is 19.2 Å². The zero-order valence-electron chi connectivity index (χ0n) is 10.8. The van der Waals surface area contributed by atoms with Crippen molar-refractivity contribution < 1.29 is 13.2 Å². The fraction of sp³-hybridized carbons (Fsp3) is 1.00. The van der Waals surface area contributed by atoms with Gasteiger partial charge in [-0.05, 0) is 39.7 Å². The lowest BCUT2D eigenvalue weighted by molar-refractivity contribution is 0.0702. The highest BCUT2D eigenvalue weighted by atomic mass is 32.2. The highest BCUT2D eigenvalue weighted by molar-refractivity contribution is 7.89. The number of primary sulfonamides is 1. The summed E-state index contributed by atoms with van der Waals surface area (Å²) in [6.07, 6.45) is 3.19. The molecule has 0 saturated carbocycles. The topological polar surface area (TPSA) is 72.6 Å². The summed E-state index contributed by atoms with van der Waals surface area (Å²) >= 11 is 0. The van der Waals surface area contributed by atoms with E-state index in [1.807, 2.05) is 13.8 Å². The first kappa shape index (κ1) is 14.9. The van der Waals surface area contributed by atoms with Crippen molar-refractivity contribution in [1.82, 2.24) is 4.90 Å². The second-order valence-electron chi connectivity index (χ2n) is 4.93. The van der Waals surface area contributed by atoms with Crippen LogP contribution in [0.5, 0.6) is 0 Å². The molecule has 0 aromatic carbocycles. The second kappa shape index (κ2) is 6.68. The molecule has 1 rings (SSSR count). The molecule has 1 aliphatic rings. The number of rotatable bonds is 7. The normalized spacial score (nSPS) is 22.5. The maximum atomic E-state index is 11.1. The lowest BCUT2D eigenvalue weighted by Gasteiger charge is -2.23. The third-order valence-electron chi connectivity index (χ3n) is 2.96. The molecule has 2 N–H and O–H groups in total. The quantitative estimate of drug-likeness (QED) is 0.682. The van der Waals surface area contributed by atoms with E-state index in [4.69, 9.17) is 9.88 Å². The fourth-order valence-corrected chi connectivity index (χ4v) is 3.15. The highest BCUT2D eigenvalue weighted by Crippen LogP contribution is 2.18. The smallest absolute Gasteiger partial charge is 0.210 e. The Morgan fingerprint density at radius 3 is 2.76 bits per heavy atom. The first-order valence-electron chi connectivity index (χ1n) is 6.24. The molecular formula is C11H24N2O3S. The highest BCUT2D eigenvalue weighted by Gasteiger charge is 2.27. The zero-order valence-corrected chi connectivity index (χ0v) is 11.6. The summed E-state index contributed by atoms with van der Waals surface area (Å²) in [5, 5.41) is 5.09. The number of likely N-dealkylation sites (tertiary alicyclic amines) is 1. The number of hydrogen-bond acceptors (Lipinski definition) is 4. The van der Waals surface area contributed by atoms with Gasteiger partial charge in [-0.2, -0.15) is 0 Å². The van der Waals surface area contributed by atoms with Crippen molar-refractivity contribution in [3.8, 4) is 0 Å². The number of nitrogens with zero attached hydrogens (tertiary/aromatic N) is 1. The average Bonchev–Trinajstić information content (AvgIpc) is 2.57. The van der Waals surface area contributed by atoms with Crippen LogP contribution in [0.4, 0.5) is 0 Å². The molecule has 0 aromatic rings. The minimum atomic E-state index is -3.36. The summed E-state index contributed by atoms with van der Waals surface area (Å²) < 4.78 is 27.6. The molecule has 1 fully saturated rings. The van der Waals surface area contributed by atoms with Crippen LogP contribution in [0.25, 0.3) is 0 Å². The van der Waals surface area contributed by atoms with Gasteiger partial charge in [0.05, 0.1) is 11.9 Å². The van der Waals surface area contributed by atoms with Gasteiger partial charge >= 0.3 is 0 Å². The SMILES string of the molecule is CC(C)OCCCN1CCCC1CS(N)(=O)=O. The van der Waals surface area contributed by atoms with Gasteiger partial charge in [0.15, 0.2) is 0 Å². The third kappa shape index (κ3) is 6.35. The minimum absolute atomic E-state index is 0.0814. The van der Waals surface area contributed by atoms with Crippen LogP contribution in [0.15, 0.2) is 0 Å². The summed E-state index contributed by atoms with van der Waals surface area (Å²) in [7, 11) is -3.36. The van der Waals surface area contributed by atoms with Gasteiger partial charge < -0.3 is 4.74 Å². The summed E-state index contributed by atoms with van der Waals surface area (Å²) in [5.74, 6) is 0.0814. The Balaban J connectivity index is 2.27. The molecule has 5 nitrogen and oxygen atoms in total. The summed E-state index contributed by atoms with van der Waals surface area (Å²) in [6.45, 7) is 6.63. The Kier molecular flexibility index (Phi) is 5.85. The van der Waals surface area contributed by atoms with Crippen LogP contribution in [0.1, 0.15) is 33.1 Å². The Hall–Kier alpha value is -0.170. The van der Waals surface area contributed by atoms with Gasteiger partial charge in [-0.25, -0.2) is 13.6 Å². The van der Waals surface area contributed by atoms with E-state index < -0.39 is 10.0 Å². The Morgan fingerprint density at radius 2 is 2.18 bits per heavy atom. The van der Waals surface area contributed by atoms with E-state index in [-0.39, 0.29) is 17.9 Å². The van der Waals surface area contributed by atoms with Crippen LogP contribution in [-0.2, 0) is 14.8 Å². The number of nitrogens with two attached hydrogens (primary N) is 1. The maximum Gasteiger partial charge on any atom is 0.210 e. The summed E-state index contributed by atoms with van der Waals surface area (Å²) in [4.78, 5) is 2.22. The number of ether oxygens (including phenoxy) is 1. The van der Waals surface area contributed by atoms with Gasteiger partial charge in [-0.15, -0.1) is 0 Å². The van der Waals surface area contributed by atoms with Crippen LogP contribution in [0.2, 0.25) is 0 Å². The van der Waals surface area contributed by atoms with Crippen LogP contribution in [0.3, 0.4) is 0 Å². The molecule has 17 heavy (non-hydrogen) atoms. The van der Waals surface area contributed by atoms with Crippen molar-refractivity contribution in [3.63, 3.8) is 0 Å². The number of hydrogen-bond donors (Lipinski definition) is 1. The molecule has 1 aliphatic heterocycles. The van der Waals surface area contributed by atoms with Crippen LogP contribution < -0.4 is 5.14 Å². The van der Waals surface area contributed by atoms with Crippen LogP contribution in [0, 0.1) is 0 Å². The Labute approximate surface area is 104 Å². The molecule has 0 aromatic heterocycles. The van der Waals surface area contributed by atoms with E-state index in [0.29, 0.717) is 0 Å². The van der Waals surface area contributed by atoms with Gasteiger partial charge in [-0.1, -0.05) is 0 Å². The zero-order chi connectivity index (χ0) is 12.9. The molecule has 0 radical (unpaired) electrons. The monoisotopic (exact) mass is 264 g/mol. The van der Waals surface area contributed by atoms with Crippen LogP contribution >= 0.6 is 0 Å². The van der Waals surface area contributed by atoms with Crippen molar-refractivity contribution >= 4 is 10.0 Å². The molecular weight excluding hydrogens is 240 g/mol. The molecule has 0 spiro atoms. The second-order valence-corrected chi connectivity index (χ2v) is 6.59. The van der Waals surface area contributed by atoms with Crippen molar-refractivity contribution in [2.45, 2.75) is 45.3 Å². The maximum absolute atomic E-state index is 11.1. The molecule has 1 saturated heterocycles. The average molecular weight is 264 g/mol. The van der Waals surface area contributed by atoms with Gasteiger partial charge in [-0.3, -0.25) is 4.90 Å². The van der Waals surface area contributed by atoms with E-state index >= 15 is 0 Å². The first-order chi connectivity index (χ1) is 7.88. The third-order valence-corrected chi connectivity index (χ3v) is 3.81. The predicted molar refractivity (Wildman–Crippen MR) is 68.3 cm³/mol. The lowest BCUT2D eigenvalue weighted by Crippen LogP contribution is -2.38. The summed E-state index contributed by atoms with van der Waals surface area (Å²) in [6, 6.07) is 0.101.